The number of alkyl halides is 2. The van der Waals surface area contributed by atoms with Gasteiger partial charge < -0.3 is 21.3 Å². The van der Waals surface area contributed by atoms with Crippen LogP contribution in [0.25, 0.3) is 0 Å². The zero-order chi connectivity index (χ0) is 23.0. The van der Waals surface area contributed by atoms with Gasteiger partial charge in [-0.15, -0.1) is 23.2 Å². The van der Waals surface area contributed by atoms with Gasteiger partial charge in [-0.2, -0.15) is 0 Å². The van der Waals surface area contributed by atoms with Gasteiger partial charge in [0.2, 0.25) is 11.8 Å². The first-order chi connectivity index (χ1) is 14.5. The van der Waals surface area contributed by atoms with Crippen LogP contribution in [0, 0.1) is 16.7 Å². The van der Waals surface area contributed by atoms with E-state index in [-0.39, 0.29) is 41.0 Å². The smallest absolute Gasteiger partial charge is 0.267 e. The average Bonchev–Trinajstić information content (AvgIpc) is 3.07. The summed E-state index contributed by atoms with van der Waals surface area (Å²) in [6.07, 6.45) is 4.13. The topological polar surface area (TPSA) is 141 Å². The third-order valence-electron chi connectivity index (χ3n) is 6.21. The minimum Gasteiger partial charge on any atom is -0.374 e. The maximum absolute atomic E-state index is 12.8. The lowest BCUT2D eigenvalue weighted by Gasteiger charge is -2.24. The van der Waals surface area contributed by atoms with Crippen LogP contribution in [0.3, 0.4) is 0 Å². The van der Waals surface area contributed by atoms with E-state index >= 15 is 0 Å². The first kappa shape index (κ1) is 23.3. The molecular formula is C20H26Cl2N6O3. The quantitative estimate of drug-likeness (QED) is 0.335. The van der Waals surface area contributed by atoms with Crippen molar-refractivity contribution in [1.82, 2.24) is 15.2 Å². The molecule has 11 heteroatoms. The van der Waals surface area contributed by atoms with Gasteiger partial charge in [0.05, 0.1) is 18.4 Å². The van der Waals surface area contributed by atoms with Crippen molar-refractivity contribution in [2.75, 3.05) is 25.0 Å². The molecule has 9 nitrogen and oxygen atoms in total. The molecule has 1 aliphatic carbocycles. The number of pyridine rings is 1. The van der Waals surface area contributed by atoms with E-state index in [1.54, 1.807) is 0 Å². The second-order valence-corrected chi connectivity index (χ2v) is 9.79. The van der Waals surface area contributed by atoms with Gasteiger partial charge in [-0.1, -0.05) is 13.8 Å². The van der Waals surface area contributed by atoms with Gasteiger partial charge in [-0.25, -0.2) is 0 Å². The van der Waals surface area contributed by atoms with Gasteiger partial charge in [-0.3, -0.25) is 24.8 Å². The largest absolute Gasteiger partial charge is 0.374 e. The van der Waals surface area contributed by atoms with Crippen LogP contribution in [0.2, 0.25) is 0 Å². The molecule has 2 atom stereocenters. The number of hydrogen-bond acceptors (Lipinski definition) is 6. The van der Waals surface area contributed by atoms with Crippen molar-refractivity contribution in [1.29, 1.82) is 5.41 Å². The molecular weight excluding hydrogens is 443 g/mol. The summed E-state index contributed by atoms with van der Waals surface area (Å²) in [7, 11) is 0. The van der Waals surface area contributed by atoms with Crippen molar-refractivity contribution >= 4 is 52.3 Å². The molecule has 168 valence electrons. The monoisotopic (exact) mass is 468 g/mol. The van der Waals surface area contributed by atoms with Gasteiger partial charge in [0.1, 0.15) is 16.1 Å². The maximum atomic E-state index is 12.8. The fourth-order valence-corrected chi connectivity index (χ4v) is 4.81. The number of nitrogens with one attached hydrogen (secondary N) is 3. The standard InChI is InChI=1S/C20H26Cl2N6O3/c1-19(2)14(20(19,21)22)9-27-18(31)13-4-3-7-28(13)15(29)10-26-12-8-25-6-5-11(12)16(23)17(24)30/h5-6,8,13-14,23,26H,3-4,7,9-10H2,1-2H3,(H2,24,30)(H,27,31). The zero-order valence-electron chi connectivity index (χ0n) is 17.4. The van der Waals surface area contributed by atoms with Crippen LogP contribution in [0.4, 0.5) is 5.69 Å². The van der Waals surface area contributed by atoms with Crippen molar-refractivity contribution in [2.45, 2.75) is 37.1 Å². The number of hydrogen-bond donors (Lipinski definition) is 4. The number of primary amides is 1. The zero-order valence-corrected chi connectivity index (χ0v) is 18.9. The highest BCUT2D eigenvalue weighted by molar-refractivity contribution is 6.51. The van der Waals surface area contributed by atoms with Crippen molar-refractivity contribution < 1.29 is 14.4 Å². The lowest BCUT2D eigenvalue weighted by atomic mass is 10.1. The second kappa shape index (κ2) is 8.63. The Balaban J connectivity index is 1.58. The molecule has 5 N–H and O–H groups in total. The number of likely N-dealkylation sites (tertiary alicyclic amines) is 1. The molecule has 1 aromatic rings. The van der Waals surface area contributed by atoms with E-state index in [1.807, 2.05) is 13.8 Å². The summed E-state index contributed by atoms with van der Waals surface area (Å²) in [5, 5.41) is 13.6. The molecule has 2 unspecified atom stereocenters. The van der Waals surface area contributed by atoms with E-state index in [9.17, 15) is 14.4 Å². The fourth-order valence-electron chi connectivity index (χ4n) is 3.96. The Morgan fingerprint density at radius 3 is 2.65 bits per heavy atom. The van der Waals surface area contributed by atoms with Crippen LogP contribution in [0.15, 0.2) is 18.5 Å². The number of anilines is 1. The van der Waals surface area contributed by atoms with Crippen molar-refractivity contribution in [3.63, 3.8) is 0 Å². The van der Waals surface area contributed by atoms with Crippen LogP contribution < -0.4 is 16.4 Å². The summed E-state index contributed by atoms with van der Waals surface area (Å²) in [5.74, 6) is -1.43. The molecule has 0 radical (unpaired) electrons. The van der Waals surface area contributed by atoms with Gasteiger partial charge in [-0.05, 0) is 18.9 Å². The first-order valence-corrected chi connectivity index (χ1v) is 10.8. The molecule has 3 amide bonds. The van der Waals surface area contributed by atoms with Gasteiger partial charge in [0, 0.05) is 36.2 Å². The molecule has 31 heavy (non-hydrogen) atoms. The number of amides is 3. The van der Waals surface area contributed by atoms with Gasteiger partial charge >= 0.3 is 0 Å². The highest BCUT2D eigenvalue weighted by Gasteiger charge is 2.69. The van der Waals surface area contributed by atoms with E-state index in [4.69, 9.17) is 34.3 Å². The van der Waals surface area contributed by atoms with Crippen LogP contribution in [0.5, 0.6) is 0 Å². The Labute approximate surface area is 190 Å². The molecule has 0 spiro atoms. The number of halogens is 2. The van der Waals surface area contributed by atoms with Crippen molar-refractivity contribution in [2.24, 2.45) is 17.1 Å². The van der Waals surface area contributed by atoms with E-state index in [0.29, 0.717) is 25.2 Å². The van der Waals surface area contributed by atoms with E-state index in [2.05, 4.69) is 15.6 Å². The third-order valence-corrected chi connectivity index (χ3v) is 7.71. The normalized spacial score (nSPS) is 23.2. The predicted octanol–water partition coefficient (Wildman–Crippen LogP) is 1.28. The minimum atomic E-state index is -0.881. The summed E-state index contributed by atoms with van der Waals surface area (Å²) in [6.45, 7) is 4.61. The lowest BCUT2D eigenvalue weighted by molar-refractivity contribution is -0.137. The number of nitrogens with zero attached hydrogens (tertiary/aromatic N) is 2. The summed E-state index contributed by atoms with van der Waals surface area (Å²) in [6, 6.07) is 0.910. The number of aromatic nitrogens is 1. The molecule has 2 fully saturated rings. The highest BCUT2D eigenvalue weighted by atomic mass is 35.5. The van der Waals surface area contributed by atoms with E-state index < -0.39 is 16.3 Å². The summed E-state index contributed by atoms with van der Waals surface area (Å²) in [4.78, 5) is 42.3. The second-order valence-electron chi connectivity index (χ2n) is 8.40. The van der Waals surface area contributed by atoms with Gasteiger partial charge in [0.25, 0.3) is 5.91 Å². The number of carbonyl (C=O) groups excluding carboxylic acids is 3. The fraction of sp³-hybridized carbons (Fsp3) is 0.550. The Hall–Kier alpha value is -2.39. The Kier molecular flexibility index (Phi) is 6.48. The predicted molar refractivity (Wildman–Crippen MR) is 118 cm³/mol. The maximum Gasteiger partial charge on any atom is 0.267 e. The SMILES string of the molecule is CC1(C)C(CNC(=O)C2CCCN2C(=O)CNc2cnccc2C(=N)C(N)=O)C1(Cl)Cl. The summed E-state index contributed by atoms with van der Waals surface area (Å²) < 4.78 is -0.866. The molecule has 1 aromatic heterocycles. The van der Waals surface area contributed by atoms with Crippen LogP contribution in [0.1, 0.15) is 32.3 Å². The molecule has 1 saturated carbocycles. The molecule has 0 bridgehead atoms. The number of carbonyl (C=O) groups is 3. The van der Waals surface area contributed by atoms with E-state index in [0.717, 1.165) is 6.42 Å². The molecule has 2 aliphatic rings. The van der Waals surface area contributed by atoms with E-state index in [1.165, 1.54) is 23.4 Å². The molecule has 1 saturated heterocycles. The lowest BCUT2D eigenvalue weighted by Crippen LogP contribution is -2.48. The molecule has 3 rings (SSSR count). The summed E-state index contributed by atoms with van der Waals surface area (Å²) in [5.41, 5.74) is 5.12. The molecule has 2 heterocycles. The Morgan fingerprint density at radius 2 is 2.03 bits per heavy atom. The van der Waals surface area contributed by atoms with Crippen LogP contribution >= 0.6 is 23.2 Å². The highest BCUT2D eigenvalue weighted by Crippen LogP contribution is 2.68. The van der Waals surface area contributed by atoms with Crippen LogP contribution in [-0.2, 0) is 14.4 Å². The van der Waals surface area contributed by atoms with Crippen molar-refractivity contribution in [3.8, 4) is 0 Å². The minimum absolute atomic E-state index is 0.0518. The first-order valence-electron chi connectivity index (χ1n) is 10.00. The van der Waals surface area contributed by atoms with Crippen molar-refractivity contribution in [3.05, 3.63) is 24.0 Å². The Morgan fingerprint density at radius 1 is 1.35 bits per heavy atom. The van der Waals surface area contributed by atoms with Crippen LogP contribution in [-0.4, -0.2) is 63.3 Å². The van der Waals surface area contributed by atoms with Gasteiger partial charge in [0.15, 0.2) is 0 Å². The molecule has 0 aromatic carbocycles. The average molecular weight is 469 g/mol. The summed E-state index contributed by atoms with van der Waals surface area (Å²) >= 11 is 12.5. The number of nitrogens with two attached hydrogens (primary N) is 1. The molecule has 1 aliphatic heterocycles. The number of rotatable bonds is 8. The Bertz CT molecular complexity index is 906. The third kappa shape index (κ3) is 4.48.